The van der Waals surface area contributed by atoms with Crippen molar-refractivity contribution in [2.75, 3.05) is 40.3 Å². The van der Waals surface area contributed by atoms with Gasteiger partial charge in [0.2, 0.25) is 0 Å². The van der Waals surface area contributed by atoms with Gasteiger partial charge in [0.1, 0.15) is 0 Å². The van der Waals surface area contributed by atoms with Crippen LogP contribution in [0, 0.1) is 11.8 Å². The molecule has 1 saturated heterocycles. The number of hydrogen-bond acceptors (Lipinski definition) is 2. The summed E-state index contributed by atoms with van der Waals surface area (Å²) in [5.41, 5.74) is 0. The summed E-state index contributed by atoms with van der Waals surface area (Å²) in [6, 6.07) is 0. The van der Waals surface area contributed by atoms with Gasteiger partial charge in [-0.15, -0.1) is 0 Å². The molecule has 0 amide bonds. The van der Waals surface area contributed by atoms with Gasteiger partial charge in [-0.2, -0.15) is 0 Å². The molecule has 0 saturated carbocycles. The normalized spacial score (nSPS) is 20.2. The molecular weight excluding hydrogens is 260 g/mol. The predicted octanol–water partition coefficient (Wildman–Crippen LogP) is 2.71. The second-order valence-corrected chi connectivity index (χ2v) is 6.89. The van der Waals surface area contributed by atoms with Gasteiger partial charge in [-0.1, -0.05) is 39.5 Å². The zero-order chi connectivity index (χ0) is 15.5. The van der Waals surface area contributed by atoms with Crippen LogP contribution in [0.5, 0.6) is 0 Å². The number of nitrogens with one attached hydrogen (secondary N) is 2. The monoisotopic (exact) mass is 296 g/mol. The zero-order valence-corrected chi connectivity index (χ0v) is 14.6. The van der Waals surface area contributed by atoms with Crippen LogP contribution in [0.2, 0.25) is 0 Å². The Hall–Kier alpha value is -0.770. The van der Waals surface area contributed by atoms with Crippen LogP contribution in [0.1, 0.15) is 52.4 Å². The molecular formula is C17H36N4. The lowest BCUT2D eigenvalue weighted by atomic mass is 10.0. The van der Waals surface area contributed by atoms with E-state index < -0.39 is 0 Å². The molecule has 2 N–H and O–H groups in total. The van der Waals surface area contributed by atoms with Gasteiger partial charge >= 0.3 is 0 Å². The third-order valence-electron chi connectivity index (χ3n) is 4.27. The summed E-state index contributed by atoms with van der Waals surface area (Å²) in [4.78, 5) is 6.71. The molecule has 1 atom stereocenters. The predicted molar refractivity (Wildman–Crippen MR) is 92.9 cm³/mol. The van der Waals surface area contributed by atoms with Crippen LogP contribution < -0.4 is 10.6 Å². The lowest BCUT2D eigenvalue weighted by Crippen LogP contribution is -2.40. The Labute approximate surface area is 131 Å². The molecule has 0 aliphatic carbocycles. The molecule has 1 rings (SSSR count). The average molecular weight is 297 g/mol. The summed E-state index contributed by atoms with van der Waals surface area (Å²) in [6.07, 6.45) is 7.97. The van der Waals surface area contributed by atoms with Crippen molar-refractivity contribution in [3.8, 4) is 0 Å². The van der Waals surface area contributed by atoms with E-state index in [0.717, 1.165) is 30.9 Å². The molecule has 0 aromatic carbocycles. The van der Waals surface area contributed by atoms with Gasteiger partial charge in [0, 0.05) is 26.7 Å². The minimum atomic E-state index is 0.768. The first-order valence-corrected chi connectivity index (χ1v) is 8.75. The Morgan fingerprint density at radius 1 is 1.19 bits per heavy atom. The van der Waals surface area contributed by atoms with Crippen molar-refractivity contribution in [2.24, 2.45) is 16.8 Å². The Bertz CT molecular complexity index is 289. The van der Waals surface area contributed by atoms with Crippen LogP contribution in [0.4, 0.5) is 0 Å². The Morgan fingerprint density at radius 3 is 2.57 bits per heavy atom. The molecule has 0 spiro atoms. The molecule has 1 heterocycles. The first-order valence-electron chi connectivity index (χ1n) is 8.75. The fraction of sp³-hybridized carbons (Fsp3) is 0.941. The van der Waals surface area contributed by atoms with Crippen LogP contribution in [0.15, 0.2) is 4.99 Å². The molecule has 21 heavy (non-hydrogen) atoms. The standard InChI is InChI=1S/C17H36N4/c1-15(2)9-7-5-6-8-11-19-17(18-3)20-13-16-10-12-21(4)14-16/h15-16H,5-14H2,1-4H3,(H2,18,19,20). The van der Waals surface area contributed by atoms with E-state index in [-0.39, 0.29) is 0 Å². The maximum atomic E-state index is 4.31. The Morgan fingerprint density at radius 2 is 1.95 bits per heavy atom. The van der Waals surface area contributed by atoms with Crippen molar-refractivity contribution in [1.29, 1.82) is 0 Å². The van der Waals surface area contributed by atoms with E-state index in [1.807, 2.05) is 7.05 Å². The highest BCUT2D eigenvalue weighted by atomic mass is 15.2. The van der Waals surface area contributed by atoms with Crippen molar-refractivity contribution in [3.63, 3.8) is 0 Å². The van der Waals surface area contributed by atoms with E-state index in [9.17, 15) is 0 Å². The minimum absolute atomic E-state index is 0.768. The molecule has 0 bridgehead atoms. The molecule has 0 aromatic rings. The molecule has 4 nitrogen and oxygen atoms in total. The summed E-state index contributed by atoms with van der Waals surface area (Å²) in [5, 5.41) is 6.89. The van der Waals surface area contributed by atoms with E-state index in [1.54, 1.807) is 0 Å². The number of rotatable bonds is 9. The molecule has 1 aliphatic heterocycles. The molecule has 1 unspecified atom stereocenters. The third-order valence-corrected chi connectivity index (χ3v) is 4.27. The highest BCUT2D eigenvalue weighted by Crippen LogP contribution is 2.12. The number of unbranched alkanes of at least 4 members (excludes halogenated alkanes) is 3. The highest BCUT2D eigenvalue weighted by Gasteiger charge is 2.19. The lowest BCUT2D eigenvalue weighted by Gasteiger charge is -2.15. The third kappa shape index (κ3) is 8.97. The fourth-order valence-corrected chi connectivity index (χ4v) is 2.89. The lowest BCUT2D eigenvalue weighted by molar-refractivity contribution is 0.394. The van der Waals surface area contributed by atoms with E-state index in [0.29, 0.717) is 0 Å². The summed E-state index contributed by atoms with van der Waals surface area (Å²) in [5.74, 6) is 2.58. The Balaban J connectivity index is 1.99. The summed E-state index contributed by atoms with van der Waals surface area (Å²) in [6.45, 7) is 9.12. The average Bonchev–Trinajstić information content (AvgIpc) is 2.86. The molecule has 0 radical (unpaired) electrons. The quantitative estimate of drug-likeness (QED) is 0.390. The second-order valence-electron chi connectivity index (χ2n) is 6.89. The molecule has 4 heteroatoms. The van der Waals surface area contributed by atoms with Gasteiger partial charge in [0.05, 0.1) is 0 Å². The molecule has 1 aliphatic rings. The topological polar surface area (TPSA) is 39.7 Å². The maximum absolute atomic E-state index is 4.31. The summed E-state index contributed by atoms with van der Waals surface area (Å²) in [7, 11) is 4.06. The first-order chi connectivity index (χ1) is 10.1. The number of guanidine groups is 1. The first kappa shape index (κ1) is 18.3. The number of hydrogen-bond donors (Lipinski definition) is 2. The second kappa shape index (κ2) is 10.9. The van der Waals surface area contributed by atoms with E-state index in [2.05, 4.69) is 41.4 Å². The number of aliphatic imine (C=N–C) groups is 1. The summed E-state index contributed by atoms with van der Waals surface area (Å²) < 4.78 is 0. The van der Waals surface area contributed by atoms with Crippen LogP contribution in [0.3, 0.4) is 0 Å². The van der Waals surface area contributed by atoms with Crippen molar-refractivity contribution in [3.05, 3.63) is 0 Å². The van der Waals surface area contributed by atoms with Crippen molar-refractivity contribution in [1.82, 2.24) is 15.5 Å². The number of likely N-dealkylation sites (tertiary alicyclic amines) is 1. The molecule has 124 valence electrons. The van der Waals surface area contributed by atoms with Gasteiger partial charge in [-0.25, -0.2) is 0 Å². The zero-order valence-electron chi connectivity index (χ0n) is 14.6. The van der Waals surface area contributed by atoms with Gasteiger partial charge < -0.3 is 15.5 Å². The van der Waals surface area contributed by atoms with Gasteiger partial charge in [0.25, 0.3) is 0 Å². The van der Waals surface area contributed by atoms with Crippen LogP contribution in [-0.2, 0) is 0 Å². The van der Waals surface area contributed by atoms with Gasteiger partial charge in [-0.05, 0) is 38.3 Å². The van der Waals surface area contributed by atoms with Crippen LogP contribution >= 0.6 is 0 Å². The van der Waals surface area contributed by atoms with Gasteiger partial charge in [-0.3, -0.25) is 4.99 Å². The van der Waals surface area contributed by atoms with E-state index in [1.165, 1.54) is 51.6 Å². The van der Waals surface area contributed by atoms with Crippen LogP contribution in [-0.4, -0.2) is 51.1 Å². The van der Waals surface area contributed by atoms with Crippen molar-refractivity contribution >= 4 is 5.96 Å². The van der Waals surface area contributed by atoms with Gasteiger partial charge in [0.15, 0.2) is 5.96 Å². The van der Waals surface area contributed by atoms with E-state index in [4.69, 9.17) is 0 Å². The minimum Gasteiger partial charge on any atom is -0.356 e. The molecule has 0 aromatic heterocycles. The maximum Gasteiger partial charge on any atom is 0.190 e. The smallest absolute Gasteiger partial charge is 0.190 e. The largest absolute Gasteiger partial charge is 0.356 e. The van der Waals surface area contributed by atoms with Crippen LogP contribution in [0.25, 0.3) is 0 Å². The number of nitrogens with zero attached hydrogens (tertiary/aromatic N) is 2. The van der Waals surface area contributed by atoms with E-state index >= 15 is 0 Å². The fourth-order valence-electron chi connectivity index (χ4n) is 2.89. The Kier molecular flexibility index (Phi) is 9.48. The SMILES string of the molecule is CN=C(NCCCCCCC(C)C)NCC1CCN(C)C1. The van der Waals surface area contributed by atoms with Crippen molar-refractivity contribution in [2.45, 2.75) is 52.4 Å². The highest BCUT2D eigenvalue weighted by molar-refractivity contribution is 5.79. The molecule has 1 fully saturated rings. The summed E-state index contributed by atoms with van der Waals surface area (Å²) >= 11 is 0. The van der Waals surface area contributed by atoms with Crippen molar-refractivity contribution < 1.29 is 0 Å².